The Kier molecular flexibility index (Phi) is 3.57. The Bertz CT molecular complexity index is 601. The Morgan fingerprint density at radius 1 is 1.16 bits per heavy atom. The number of nitrogens with one attached hydrogen (secondary N) is 1. The van der Waals surface area contributed by atoms with Crippen molar-refractivity contribution in [1.82, 2.24) is 9.97 Å². The summed E-state index contributed by atoms with van der Waals surface area (Å²) in [6, 6.07) is 4.66. The molecule has 1 aromatic heterocycles. The van der Waals surface area contributed by atoms with Gasteiger partial charge in [-0.15, -0.1) is 0 Å². The Morgan fingerprint density at radius 2 is 1.84 bits per heavy atom. The molecule has 0 amide bonds. The third kappa shape index (κ3) is 3.11. The highest BCUT2D eigenvalue weighted by molar-refractivity contribution is 6.28. The number of nitrogens with zero attached hydrogens (tertiary/aromatic N) is 2. The highest BCUT2D eigenvalue weighted by Gasteiger charge is 2.33. The highest BCUT2D eigenvalue weighted by atomic mass is 35.5. The van der Waals surface area contributed by atoms with Crippen molar-refractivity contribution in [2.24, 2.45) is 0 Å². The smallest absolute Gasteiger partial charge is 0.337 e. The van der Waals surface area contributed by atoms with E-state index in [-0.39, 0.29) is 11.0 Å². The van der Waals surface area contributed by atoms with Crippen molar-refractivity contribution in [2.45, 2.75) is 6.18 Å². The molecule has 0 unspecified atom stereocenters. The van der Waals surface area contributed by atoms with E-state index in [1.165, 1.54) is 12.1 Å². The van der Waals surface area contributed by atoms with Gasteiger partial charge in [0.05, 0.1) is 17.4 Å². The number of anilines is 2. The van der Waals surface area contributed by atoms with Gasteiger partial charge in [-0.1, -0.05) is 12.1 Å². The minimum atomic E-state index is -4.56. The monoisotopic (exact) mass is 291 g/mol. The van der Waals surface area contributed by atoms with Crippen LogP contribution in [0, 0.1) is 5.82 Å². The zero-order valence-electron chi connectivity index (χ0n) is 9.17. The fourth-order valence-corrected chi connectivity index (χ4v) is 1.53. The molecule has 19 heavy (non-hydrogen) atoms. The minimum absolute atomic E-state index is 0.270. The van der Waals surface area contributed by atoms with Crippen molar-refractivity contribution in [3.63, 3.8) is 0 Å². The molecule has 3 nitrogen and oxygen atoms in total. The van der Waals surface area contributed by atoms with Crippen LogP contribution in [0.2, 0.25) is 5.28 Å². The van der Waals surface area contributed by atoms with Gasteiger partial charge < -0.3 is 5.32 Å². The fraction of sp³-hybridized carbons (Fsp3) is 0.0909. The molecule has 8 heteroatoms. The molecule has 0 aliphatic heterocycles. The van der Waals surface area contributed by atoms with Crippen LogP contribution in [-0.2, 0) is 6.18 Å². The van der Waals surface area contributed by atoms with Crippen molar-refractivity contribution in [1.29, 1.82) is 0 Å². The van der Waals surface area contributed by atoms with E-state index in [2.05, 4.69) is 15.3 Å². The Morgan fingerprint density at radius 3 is 2.53 bits per heavy atom. The molecule has 2 rings (SSSR count). The second-order valence-corrected chi connectivity index (χ2v) is 3.84. The van der Waals surface area contributed by atoms with Gasteiger partial charge in [-0.2, -0.15) is 18.2 Å². The van der Waals surface area contributed by atoms with Crippen LogP contribution in [-0.4, -0.2) is 9.97 Å². The van der Waals surface area contributed by atoms with Crippen LogP contribution in [0.3, 0.4) is 0 Å². The summed E-state index contributed by atoms with van der Waals surface area (Å²) in [5.41, 5.74) is -1.24. The number of para-hydroxylation sites is 1. The molecule has 100 valence electrons. The van der Waals surface area contributed by atoms with E-state index in [1.807, 2.05) is 0 Å². The molecule has 0 bridgehead atoms. The number of alkyl halides is 3. The van der Waals surface area contributed by atoms with Crippen molar-refractivity contribution in [3.05, 3.63) is 47.1 Å². The van der Waals surface area contributed by atoms with E-state index in [0.29, 0.717) is 0 Å². The van der Waals surface area contributed by atoms with Gasteiger partial charge >= 0.3 is 6.18 Å². The van der Waals surface area contributed by atoms with Gasteiger partial charge in [0.2, 0.25) is 5.28 Å². The molecular formula is C11H6ClF4N3. The van der Waals surface area contributed by atoms with Crippen molar-refractivity contribution >= 4 is 23.1 Å². The van der Waals surface area contributed by atoms with Gasteiger partial charge in [-0.05, 0) is 23.7 Å². The van der Waals surface area contributed by atoms with Crippen molar-refractivity contribution in [2.75, 3.05) is 5.32 Å². The first kappa shape index (κ1) is 13.5. The van der Waals surface area contributed by atoms with Crippen LogP contribution < -0.4 is 5.32 Å². The average Bonchev–Trinajstić information content (AvgIpc) is 2.33. The number of rotatable bonds is 2. The van der Waals surface area contributed by atoms with E-state index < -0.39 is 23.4 Å². The summed E-state index contributed by atoms with van der Waals surface area (Å²) < 4.78 is 51.6. The van der Waals surface area contributed by atoms with Gasteiger partial charge in [0.1, 0.15) is 0 Å². The van der Waals surface area contributed by atoms with E-state index in [9.17, 15) is 17.6 Å². The molecule has 1 heterocycles. The summed E-state index contributed by atoms with van der Waals surface area (Å²) in [6.45, 7) is 0. The Hall–Kier alpha value is -1.89. The molecule has 0 atom stereocenters. The maximum absolute atomic E-state index is 13.4. The number of hydrogen-bond donors (Lipinski definition) is 1. The van der Waals surface area contributed by atoms with Gasteiger partial charge in [0.25, 0.3) is 0 Å². The van der Waals surface area contributed by atoms with Gasteiger partial charge in [0, 0.05) is 0 Å². The topological polar surface area (TPSA) is 37.8 Å². The summed E-state index contributed by atoms with van der Waals surface area (Å²) >= 11 is 5.46. The third-order valence-corrected chi connectivity index (χ3v) is 2.38. The molecule has 0 radical (unpaired) electrons. The Balaban J connectivity index is 2.41. The standard InChI is InChI=1S/C11H6ClF4N3/c12-10-17-5-7(13)9(19-10)18-8-4-2-1-3-6(8)11(14,15)16/h1-5H,(H,17,18,19). The second kappa shape index (κ2) is 5.00. The number of hydrogen-bond acceptors (Lipinski definition) is 3. The van der Waals surface area contributed by atoms with Gasteiger partial charge in [-0.25, -0.2) is 9.37 Å². The van der Waals surface area contributed by atoms with E-state index >= 15 is 0 Å². The summed E-state index contributed by atoms with van der Waals surface area (Å²) in [6.07, 6.45) is -3.79. The maximum atomic E-state index is 13.4. The van der Waals surface area contributed by atoms with Crippen LogP contribution >= 0.6 is 11.6 Å². The predicted octanol–water partition coefficient (Wildman–Crippen LogP) is 4.03. The van der Waals surface area contributed by atoms with E-state index in [1.54, 1.807) is 0 Å². The molecule has 1 aromatic carbocycles. The van der Waals surface area contributed by atoms with Crippen molar-refractivity contribution in [3.8, 4) is 0 Å². The average molecular weight is 292 g/mol. The summed E-state index contributed by atoms with van der Waals surface area (Å²) in [5, 5.41) is 1.99. The van der Waals surface area contributed by atoms with Crippen LogP contribution in [0.4, 0.5) is 29.1 Å². The van der Waals surface area contributed by atoms with Crippen LogP contribution in [0.5, 0.6) is 0 Å². The highest BCUT2D eigenvalue weighted by Crippen LogP contribution is 2.35. The lowest BCUT2D eigenvalue weighted by Gasteiger charge is -2.14. The quantitative estimate of drug-likeness (QED) is 0.670. The number of benzene rings is 1. The third-order valence-electron chi connectivity index (χ3n) is 2.20. The lowest BCUT2D eigenvalue weighted by atomic mass is 10.1. The molecule has 1 N–H and O–H groups in total. The van der Waals surface area contributed by atoms with Crippen LogP contribution in [0.25, 0.3) is 0 Å². The normalized spacial score (nSPS) is 11.4. The second-order valence-electron chi connectivity index (χ2n) is 3.50. The van der Waals surface area contributed by atoms with Crippen molar-refractivity contribution < 1.29 is 17.6 Å². The largest absolute Gasteiger partial charge is 0.418 e. The SMILES string of the molecule is Fc1cnc(Cl)nc1Nc1ccccc1C(F)(F)F. The van der Waals surface area contributed by atoms with Gasteiger partial charge in [-0.3, -0.25) is 0 Å². The fourth-order valence-electron chi connectivity index (χ4n) is 1.40. The lowest BCUT2D eigenvalue weighted by molar-refractivity contribution is -0.136. The summed E-state index contributed by atoms with van der Waals surface area (Å²) in [7, 11) is 0. The number of aromatic nitrogens is 2. The molecule has 0 spiro atoms. The predicted molar refractivity (Wildman–Crippen MR) is 61.7 cm³/mol. The first-order valence-electron chi connectivity index (χ1n) is 4.99. The summed E-state index contributed by atoms with van der Waals surface area (Å²) in [5.74, 6) is -1.32. The zero-order valence-corrected chi connectivity index (χ0v) is 9.93. The summed E-state index contributed by atoms with van der Waals surface area (Å²) in [4.78, 5) is 6.86. The number of halogens is 5. The molecule has 0 fully saturated rings. The van der Waals surface area contributed by atoms with E-state index in [4.69, 9.17) is 11.6 Å². The molecule has 0 aliphatic rings. The maximum Gasteiger partial charge on any atom is 0.418 e. The minimum Gasteiger partial charge on any atom is -0.337 e. The first-order chi connectivity index (χ1) is 8.88. The Labute approximate surface area is 110 Å². The van der Waals surface area contributed by atoms with E-state index in [0.717, 1.165) is 18.3 Å². The first-order valence-corrected chi connectivity index (χ1v) is 5.37. The zero-order chi connectivity index (χ0) is 14.0. The molecular weight excluding hydrogens is 286 g/mol. The van der Waals surface area contributed by atoms with Crippen LogP contribution in [0.15, 0.2) is 30.5 Å². The molecule has 0 aliphatic carbocycles. The molecule has 2 aromatic rings. The lowest BCUT2D eigenvalue weighted by Crippen LogP contribution is -2.09. The van der Waals surface area contributed by atoms with Gasteiger partial charge in [0.15, 0.2) is 11.6 Å². The molecule has 0 saturated heterocycles. The molecule has 0 saturated carbocycles. The van der Waals surface area contributed by atoms with Crippen LogP contribution in [0.1, 0.15) is 5.56 Å².